The second kappa shape index (κ2) is 6.10. The van der Waals surface area contributed by atoms with Crippen LogP contribution in [0.25, 0.3) is 0 Å². The molecule has 0 bridgehead atoms. The maximum atomic E-state index is 11.9. The fourth-order valence-corrected chi connectivity index (χ4v) is 2.24. The molecule has 0 spiro atoms. The third-order valence-electron chi connectivity index (χ3n) is 3.44. The molecule has 1 aliphatic heterocycles. The maximum Gasteiger partial charge on any atom is 0.410 e. The highest BCUT2D eigenvalue weighted by molar-refractivity contribution is 5.68. The number of ether oxygens (including phenoxy) is 1. The van der Waals surface area contributed by atoms with E-state index in [2.05, 4.69) is 12.6 Å². The van der Waals surface area contributed by atoms with Crippen LogP contribution in [0.2, 0.25) is 0 Å². The summed E-state index contributed by atoms with van der Waals surface area (Å²) in [5.74, 6) is 0. The largest absolute Gasteiger partial charge is 0.444 e. The zero-order valence-corrected chi connectivity index (χ0v) is 12.2. The summed E-state index contributed by atoms with van der Waals surface area (Å²) in [4.78, 5) is 13.6. The Morgan fingerprint density at radius 1 is 1.47 bits per heavy atom. The van der Waals surface area contributed by atoms with Crippen molar-refractivity contribution >= 4 is 6.09 Å². The molecule has 0 atom stereocenters. The van der Waals surface area contributed by atoms with Gasteiger partial charge in [-0.25, -0.2) is 4.79 Å². The van der Waals surface area contributed by atoms with Gasteiger partial charge >= 0.3 is 6.09 Å². The third kappa shape index (κ3) is 4.59. The molecule has 1 aliphatic rings. The average molecular weight is 264 g/mol. The second-order valence-corrected chi connectivity index (χ2v) is 6.19. The Kier molecular flexibility index (Phi) is 4.99. The zero-order valence-electron chi connectivity index (χ0n) is 12.2. The van der Waals surface area contributed by atoms with Crippen LogP contribution in [0.15, 0.2) is 12.7 Å². The first-order chi connectivity index (χ1) is 8.82. The summed E-state index contributed by atoms with van der Waals surface area (Å²) in [6, 6.07) is 2.43. The minimum absolute atomic E-state index is 0.275. The van der Waals surface area contributed by atoms with Crippen molar-refractivity contribution in [2.75, 3.05) is 13.1 Å². The van der Waals surface area contributed by atoms with Crippen LogP contribution in [0.1, 0.15) is 46.5 Å². The molecule has 4 nitrogen and oxygen atoms in total. The van der Waals surface area contributed by atoms with Gasteiger partial charge in [-0.2, -0.15) is 5.26 Å². The number of allylic oxidation sites excluding steroid dienone is 1. The minimum atomic E-state index is -0.469. The van der Waals surface area contributed by atoms with Gasteiger partial charge < -0.3 is 9.64 Å². The lowest BCUT2D eigenvalue weighted by molar-refractivity contribution is 0.0143. The Morgan fingerprint density at radius 3 is 2.47 bits per heavy atom. The van der Waals surface area contributed by atoms with E-state index in [0.29, 0.717) is 13.1 Å². The van der Waals surface area contributed by atoms with Crippen molar-refractivity contribution in [2.45, 2.75) is 52.1 Å². The van der Waals surface area contributed by atoms with Crippen molar-refractivity contribution in [1.82, 2.24) is 4.90 Å². The van der Waals surface area contributed by atoms with Crippen molar-refractivity contribution in [2.24, 2.45) is 5.41 Å². The smallest absolute Gasteiger partial charge is 0.410 e. The Labute approximate surface area is 116 Å². The summed E-state index contributed by atoms with van der Waals surface area (Å²) < 4.78 is 5.35. The number of amides is 1. The van der Waals surface area contributed by atoms with Gasteiger partial charge in [0.1, 0.15) is 5.60 Å². The molecular formula is C15H24N2O2. The van der Waals surface area contributed by atoms with Crippen molar-refractivity contribution in [3.05, 3.63) is 12.7 Å². The fraction of sp³-hybridized carbons (Fsp3) is 0.733. The zero-order chi connectivity index (χ0) is 14.5. The van der Waals surface area contributed by atoms with Crippen LogP contribution < -0.4 is 0 Å². The molecule has 0 aliphatic carbocycles. The lowest BCUT2D eigenvalue weighted by atomic mass is 9.76. The molecule has 0 aromatic heterocycles. The van der Waals surface area contributed by atoms with Crippen molar-refractivity contribution < 1.29 is 9.53 Å². The van der Waals surface area contributed by atoms with Gasteiger partial charge in [0, 0.05) is 13.1 Å². The van der Waals surface area contributed by atoms with Crippen LogP contribution >= 0.6 is 0 Å². The molecule has 1 fully saturated rings. The number of likely N-dealkylation sites (tertiary alicyclic amines) is 1. The van der Waals surface area contributed by atoms with Gasteiger partial charge in [-0.3, -0.25) is 0 Å². The number of nitrogens with zero attached hydrogens (tertiary/aromatic N) is 2. The first-order valence-electron chi connectivity index (χ1n) is 6.82. The standard InChI is InChI=1S/C15H24N2O2/c1-5-6-7-15(12-16)8-10-17(11-9-15)13(18)19-14(2,3)4/h5H,1,6-11H2,2-4H3. The van der Waals surface area contributed by atoms with Gasteiger partial charge in [-0.05, 0) is 46.5 Å². The van der Waals surface area contributed by atoms with Crippen LogP contribution in [-0.2, 0) is 4.74 Å². The van der Waals surface area contributed by atoms with Gasteiger partial charge in [-0.15, -0.1) is 6.58 Å². The predicted molar refractivity (Wildman–Crippen MR) is 74.5 cm³/mol. The van der Waals surface area contributed by atoms with E-state index in [4.69, 9.17) is 4.74 Å². The van der Waals surface area contributed by atoms with Crippen LogP contribution in [0.3, 0.4) is 0 Å². The molecular weight excluding hydrogens is 240 g/mol. The fourth-order valence-electron chi connectivity index (χ4n) is 2.24. The third-order valence-corrected chi connectivity index (χ3v) is 3.44. The van der Waals surface area contributed by atoms with E-state index < -0.39 is 5.60 Å². The van der Waals surface area contributed by atoms with Crippen LogP contribution in [0.4, 0.5) is 4.79 Å². The average Bonchev–Trinajstić information content (AvgIpc) is 2.35. The summed E-state index contributed by atoms with van der Waals surface area (Å²) in [7, 11) is 0. The van der Waals surface area contributed by atoms with E-state index in [0.717, 1.165) is 25.7 Å². The van der Waals surface area contributed by atoms with Gasteiger partial charge in [0.15, 0.2) is 0 Å². The lowest BCUT2D eigenvalue weighted by Crippen LogP contribution is -2.44. The first kappa shape index (κ1) is 15.6. The number of piperidine rings is 1. The van der Waals surface area contributed by atoms with E-state index >= 15 is 0 Å². The molecule has 106 valence electrons. The molecule has 0 aromatic carbocycles. The molecule has 19 heavy (non-hydrogen) atoms. The van der Waals surface area contributed by atoms with E-state index in [1.807, 2.05) is 26.8 Å². The second-order valence-electron chi connectivity index (χ2n) is 6.19. The van der Waals surface area contributed by atoms with Gasteiger partial charge in [0.05, 0.1) is 11.5 Å². The monoisotopic (exact) mass is 264 g/mol. The number of carbonyl (C=O) groups excluding carboxylic acids is 1. The molecule has 1 amide bonds. The van der Waals surface area contributed by atoms with Gasteiger partial charge in [-0.1, -0.05) is 6.08 Å². The Balaban J connectivity index is 2.54. The minimum Gasteiger partial charge on any atom is -0.444 e. The topological polar surface area (TPSA) is 53.3 Å². The summed E-state index contributed by atoms with van der Waals surface area (Å²) in [6.07, 6.45) is 4.68. The normalized spacial score (nSPS) is 18.5. The quantitative estimate of drug-likeness (QED) is 0.733. The van der Waals surface area contributed by atoms with Crippen molar-refractivity contribution in [1.29, 1.82) is 5.26 Å². The molecule has 0 unspecified atom stereocenters. The highest BCUT2D eigenvalue weighted by atomic mass is 16.6. The highest BCUT2D eigenvalue weighted by Crippen LogP contribution is 2.35. The maximum absolute atomic E-state index is 11.9. The summed E-state index contributed by atoms with van der Waals surface area (Å²) in [5, 5.41) is 9.36. The number of hydrogen-bond acceptors (Lipinski definition) is 3. The van der Waals surface area contributed by atoms with E-state index in [9.17, 15) is 10.1 Å². The lowest BCUT2D eigenvalue weighted by Gasteiger charge is -2.37. The van der Waals surface area contributed by atoms with Crippen LogP contribution in [-0.4, -0.2) is 29.7 Å². The molecule has 1 heterocycles. The van der Waals surface area contributed by atoms with Crippen molar-refractivity contribution in [3.8, 4) is 6.07 Å². The Hall–Kier alpha value is -1.50. The first-order valence-corrected chi connectivity index (χ1v) is 6.82. The SMILES string of the molecule is C=CCCC1(C#N)CCN(C(=O)OC(C)(C)C)CC1. The Bertz CT molecular complexity index is 369. The van der Waals surface area contributed by atoms with Crippen LogP contribution in [0.5, 0.6) is 0 Å². The molecule has 4 heteroatoms. The summed E-state index contributed by atoms with van der Waals surface area (Å²) >= 11 is 0. The molecule has 0 radical (unpaired) electrons. The summed E-state index contributed by atoms with van der Waals surface area (Å²) in [6.45, 7) is 10.5. The molecule has 0 saturated carbocycles. The van der Waals surface area contributed by atoms with Crippen molar-refractivity contribution in [3.63, 3.8) is 0 Å². The van der Waals surface area contributed by atoms with Crippen LogP contribution in [0, 0.1) is 16.7 Å². The molecule has 1 saturated heterocycles. The molecule has 0 N–H and O–H groups in total. The number of hydrogen-bond donors (Lipinski definition) is 0. The number of nitriles is 1. The number of carbonyl (C=O) groups is 1. The van der Waals surface area contributed by atoms with E-state index in [1.54, 1.807) is 4.90 Å². The summed E-state index contributed by atoms with van der Waals surface area (Å²) in [5.41, 5.74) is -0.767. The predicted octanol–water partition coefficient (Wildman–Crippen LogP) is 3.49. The van der Waals surface area contributed by atoms with Gasteiger partial charge in [0.2, 0.25) is 0 Å². The number of rotatable bonds is 3. The molecule has 1 rings (SSSR count). The van der Waals surface area contributed by atoms with E-state index in [-0.39, 0.29) is 11.5 Å². The van der Waals surface area contributed by atoms with E-state index in [1.165, 1.54) is 0 Å². The van der Waals surface area contributed by atoms with Gasteiger partial charge in [0.25, 0.3) is 0 Å². The molecule has 0 aromatic rings. The highest BCUT2D eigenvalue weighted by Gasteiger charge is 2.36. The Morgan fingerprint density at radius 2 is 2.05 bits per heavy atom.